The maximum absolute atomic E-state index is 8.70. The van der Waals surface area contributed by atoms with E-state index in [1.54, 1.807) is 6.08 Å². The molecule has 0 atom stereocenters. The summed E-state index contributed by atoms with van der Waals surface area (Å²) in [5.41, 5.74) is 1.74. The Bertz CT molecular complexity index is 400. The van der Waals surface area contributed by atoms with Crippen LogP contribution in [-0.2, 0) is 0 Å². The summed E-state index contributed by atoms with van der Waals surface area (Å²) in [6.45, 7) is 0. The molecule has 0 aromatic rings. The van der Waals surface area contributed by atoms with Gasteiger partial charge in [-0.25, -0.2) is 0 Å². The van der Waals surface area contributed by atoms with Gasteiger partial charge in [-0.15, -0.1) is 0 Å². The maximum Gasteiger partial charge on any atom is 0.0992 e. The molecule has 2 heteroatoms. The molecule has 13 heavy (non-hydrogen) atoms. The monoisotopic (exact) mass is 168 g/mol. The van der Waals surface area contributed by atoms with Crippen LogP contribution in [0.4, 0.5) is 0 Å². The largest absolute Gasteiger partial charge is 0.324 e. The lowest BCUT2D eigenvalue weighted by Crippen LogP contribution is -2.08. The van der Waals surface area contributed by atoms with Crippen molar-refractivity contribution in [3.8, 4) is 6.07 Å². The molecule has 2 nitrogen and oxygen atoms in total. The third kappa shape index (κ3) is 1.45. The molecule has 0 N–H and O–H groups in total. The van der Waals surface area contributed by atoms with Gasteiger partial charge in [0.15, 0.2) is 0 Å². The summed E-state index contributed by atoms with van der Waals surface area (Å²) in [6, 6.07) is 2.11. The number of allylic oxidation sites excluding steroid dienone is 7. The highest BCUT2D eigenvalue weighted by molar-refractivity contribution is 5.43. The van der Waals surface area contributed by atoms with Gasteiger partial charge < -0.3 is 4.90 Å². The van der Waals surface area contributed by atoms with Crippen LogP contribution >= 0.6 is 0 Å². The summed E-state index contributed by atoms with van der Waals surface area (Å²) in [4.78, 5) is 1.97. The van der Waals surface area contributed by atoms with E-state index in [2.05, 4.69) is 6.07 Å². The van der Waals surface area contributed by atoms with E-state index in [0.29, 0.717) is 5.57 Å². The van der Waals surface area contributed by atoms with E-state index in [0.717, 1.165) is 5.70 Å². The normalized spacial score (nSPS) is 18.5. The van der Waals surface area contributed by atoms with Crippen molar-refractivity contribution in [1.82, 2.24) is 4.90 Å². The Kier molecular flexibility index (Phi) is 1.85. The van der Waals surface area contributed by atoms with Crippen LogP contribution in [0.25, 0.3) is 0 Å². The first-order valence-corrected chi connectivity index (χ1v) is 4.03. The van der Waals surface area contributed by atoms with Gasteiger partial charge in [0.05, 0.1) is 11.6 Å². The van der Waals surface area contributed by atoms with Gasteiger partial charge in [-0.05, 0) is 30.4 Å². The molecule has 0 spiro atoms. The van der Waals surface area contributed by atoms with Crippen LogP contribution in [0.15, 0.2) is 60.1 Å². The van der Waals surface area contributed by atoms with Gasteiger partial charge in [0.2, 0.25) is 0 Å². The molecule has 0 radical (unpaired) electrons. The van der Waals surface area contributed by atoms with Crippen LogP contribution in [0.3, 0.4) is 0 Å². The lowest BCUT2D eigenvalue weighted by Gasteiger charge is -2.17. The number of nitrogens with zero attached hydrogens (tertiary/aromatic N) is 2. The Hall–Kier alpha value is -2.01. The quantitative estimate of drug-likeness (QED) is 0.554. The molecule has 0 saturated carbocycles. The molecule has 0 fully saturated rings. The van der Waals surface area contributed by atoms with Crippen molar-refractivity contribution in [2.75, 3.05) is 0 Å². The molecule has 0 aliphatic carbocycles. The number of fused-ring (bicyclic) bond motifs is 1. The second-order valence-corrected chi connectivity index (χ2v) is 2.75. The molecule has 0 aromatic carbocycles. The minimum atomic E-state index is 0.670. The minimum Gasteiger partial charge on any atom is -0.324 e. The molecule has 0 unspecified atom stereocenters. The number of hydrogen-bond acceptors (Lipinski definition) is 2. The van der Waals surface area contributed by atoms with Crippen LogP contribution in [0, 0.1) is 11.3 Å². The zero-order valence-electron chi connectivity index (χ0n) is 7.01. The zero-order chi connectivity index (χ0) is 9.10. The van der Waals surface area contributed by atoms with Crippen LogP contribution < -0.4 is 0 Å². The van der Waals surface area contributed by atoms with Crippen molar-refractivity contribution in [2.45, 2.75) is 0 Å². The topological polar surface area (TPSA) is 27.0 Å². The summed E-state index contributed by atoms with van der Waals surface area (Å²) in [5, 5.41) is 8.70. The van der Waals surface area contributed by atoms with Gasteiger partial charge in [0.1, 0.15) is 0 Å². The third-order valence-corrected chi connectivity index (χ3v) is 1.90. The molecule has 0 aromatic heterocycles. The second kappa shape index (κ2) is 3.16. The summed E-state index contributed by atoms with van der Waals surface area (Å²) < 4.78 is 0. The Morgan fingerprint density at radius 1 is 1.08 bits per heavy atom. The fraction of sp³-hybridized carbons (Fsp3) is 0. The van der Waals surface area contributed by atoms with Crippen LogP contribution in [0.5, 0.6) is 0 Å². The molecule has 2 aliphatic heterocycles. The SMILES string of the molecule is N#CC1=CC=C2C=CC=CN2C=C1. The highest BCUT2D eigenvalue weighted by Crippen LogP contribution is 2.16. The van der Waals surface area contributed by atoms with Crippen LogP contribution in [0.2, 0.25) is 0 Å². The smallest absolute Gasteiger partial charge is 0.0992 e. The van der Waals surface area contributed by atoms with E-state index < -0.39 is 0 Å². The van der Waals surface area contributed by atoms with Crippen molar-refractivity contribution in [3.63, 3.8) is 0 Å². The third-order valence-electron chi connectivity index (χ3n) is 1.90. The predicted molar refractivity (Wildman–Crippen MR) is 51.0 cm³/mol. The Morgan fingerprint density at radius 3 is 2.85 bits per heavy atom. The van der Waals surface area contributed by atoms with E-state index in [1.165, 1.54) is 0 Å². The van der Waals surface area contributed by atoms with Crippen molar-refractivity contribution < 1.29 is 0 Å². The summed E-state index contributed by atoms with van der Waals surface area (Å²) in [7, 11) is 0. The minimum absolute atomic E-state index is 0.670. The standard InChI is InChI=1S/C11H8N2/c12-9-10-4-5-11-3-1-2-7-13(11)8-6-10/h1-8H. The highest BCUT2D eigenvalue weighted by Gasteiger charge is 2.04. The number of hydrogen-bond donors (Lipinski definition) is 0. The van der Waals surface area contributed by atoms with Gasteiger partial charge in [-0.3, -0.25) is 0 Å². The van der Waals surface area contributed by atoms with E-state index in [1.807, 2.05) is 47.7 Å². The lowest BCUT2D eigenvalue weighted by molar-refractivity contribution is 0.647. The van der Waals surface area contributed by atoms with Gasteiger partial charge >= 0.3 is 0 Å². The van der Waals surface area contributed by atoms with Crippen molar-refractivity contribution in [3.05, 3.63) is 60.1 Å². The van der Waals surface area contributed by atoms with Gasteiger partial charge in [0, 0.05) is 18.1 Å². The predicted octanol–water partition coefficient (Wildman–Crippen LogP) is 2.23. The molecule has 62 valence electrons. The molecule has 0 saturated heterocycles. The fourth-order valence-electron chi connectivity index (χ4n) is 1.21. The second-order valence-electron chi connectivity index (χ2n) is 2.75. The first-order valence-electron chi connectivity index (χ1n) is 4.03. The van der Waals surface area contributed by atoms with E-state index >= 15 is 0 Å². The molecule has 0 amide bonds. The van der Waals surface area contributed by atoms with Gasteiger partial charge in [-0.1, -0.05) is 6.08 Å². The number of rotatable bonds is 0. The molecule has 2 heterocycles. The number of nitriles is 1. The Morgan fingerprint density at radius 2 is 2.00 bits per heavy atom. The zero-order valence-corrected chi connectivity index (χ0v) is 7.01. The van der Waals surface area contributed by atoms with E-state index in [4.69, 9.17) is 5.26 Å². The Balaban J connectivity index is 2.40. The average molecular weight is 168 g/mol. The van der Waals surface area contributed by atoms with Gasteiger partial charge in [-0.2, -0.15) is 5.26 Å². The molecule has 0 bridgehead atoms. The first-order chi connectivity index (χ1) is 6.40. The van der Waals surface area contributed by atoms with Crippen molar-refractivity contribution >= 4 is 0 Å². The first kappa shape index (κ1) is 7.63. The molecular weight excluding hydrogens is 160 g/mol. The molecular formula is C11H8N2. The summed E-state index contributed by atoms with van der Waals surface area (Å²) >= 11 is 0. The molecule has 2 rings (SSSR count). The van der Waals surface area contributed by atoms with Gasteiger partial charge in [0.25, 0.3) is 0 Å². The lowest BCUT2D eigenvalue weighted by atomic mass is 10.2. The average Bonchev–Trinajstić information content (AvgIpc) is 2.39. The Labute approximate surface area is 77.1 Å². The summed E-state index contributed by atoms with van der Waals surface area (Å²) in [5.74, 6) is 0. The maximum atomic E-state index is 8.70. The van der Waals surface area contributed by atoms with E-state index in [-0.39, 0.29) is 0 Å². The summed E-state index contributed by atoms with van der Waals surface area (Å²) in [6.07, 6.45) is 15.3. The molecule has 2 aliphatic rings. The van der Waals surface area contributed by atoms with Crippen LogP contribution in [0.1, 0.15) is 0 Å². The van der Waals surface area contributed by atoms with Crippen molar-refractivity contribution in [1.29, 1.82) is 5.26 Å². The van der Waals surface area contributed by atoms with Crippen LogP contribution in [-0.4, -0.2) is 4.90 Å². The van der Waals surface area contributed by atoms with Crippen molar-refractivity contribution in [2.24, 2.45) is 0 Å². The highest BCUT2D eigenvalue weighted by atomic mass is 15.1. The fourth-order valence-corrected chi connectivity index (χ4v) is 1.21. The van der Waals surface area contributed by atoms with E-state index in [9.17, 15) is 0 Å².